The summed E-state index contributed by atoms with van der Waals surface area (Å²) in [6.45, 7) is 16.4. The topological polar surface area (TPSA) is 101 Å². The highest BCUT2D eigenvalue weighted by Crippen LogP contribution is 2.74. The number of aliphatic hydroxyl groups is 1. The van der Waals surface area contributed by atoms with Gasteiger partial charge in [-0.15, -0.1) is 0 Å². The molecule has 6 heteroatoms. The molecular formula is C32H46O6. The number of esters is 1. The van der Waals surface area contributed by atoms with Crippen LogP contribution in [0.2, 0.25) is 0 Å². The molecule has 0 saturated heterocycles. The molecule has 0 amide bonds. The Morgan fingerprint density at radius 1 is 1.00 bits per heavy atom. The predicted molar refractivity (Wildman–Crippen MR) is 144 cm³/mol. The van der Waals surface area contributed by atoms with Crippen molar-refractivity contribution in [2.24, 2.45) is 44.3 Å². The number of carbonyl (C=O) groups excluding carboxylic acids is 2. The minimum atomic E-state index is -1.86. The van der Waals surface area contributed by atoms with E-state index in [0.717, 1.165) is 30.4 Å². The van der Waals surface area contributed by atoms with Gasteiger partial charge in [-0.1, -0.05) is 60.6 Å². The van der Waals surface area contributed by atoms with Gasteiger partial charge in [0.15, 0.2) is 0 Å². The van der Waals surface area contributed by atoms with E-state index in [2.05, 4.69) is 46.8 Å². The molecule has 5 aliphatic carbocycles. The number of hydrogen-bond acceptors (Lipinski definition) is 5. The van der Waals surface area contributed by atoms with E-state index in [1.54, 1.807) is 0 Å². The summed E-state index contributed by atoms with van der Waals surface area (Å²) in [6.07, 6.45) is 9.36. The number of ether oxygens (including phenoxy) is 1. The Labute approximate surface area is 227 Å². The Morgan fingerprint density at radius 2 is 1.66 bits per heavy atom. The van der Waals surface area contributed by atoms with E-state index in [1.165, 1.54) is 6.92 Å². The molecule has 0 aromatic carbocycles. The second-order valence-electron chi connectivity index (χ2n) is 15.2. The molecule has 0 aromatic rings. The molecule has 3 fully saturated rings. The molecule has 7 unspecified atom stereocenters. The number of Topliss-reactive ketones (excluding diaryl/α,β-unsaturated/α-hetero) is 1. The van der Waals surface area contributed by atoms with Gasteiger partial charge >= 0.3 is 11.9 Å². The second-order valence-corrected chi connectivity index (χ2v) is 15.2. The SMILES string of the molecule is CC(=O)OC1(O)CC2(C(=O)O)CCC3(C)C(=C2CC1(C)C)C=CC1C2(C)CCC(=O)C(C)(C)C2CCC13C. The number of ketones is 1. The molecule has 0 heterocycles. The maximum absolute atomic E-state index is 13.0. The molecular weight excluding hydrogens is 480 g/mol. The highest BCUT2D eigenvalue weighted by atomic mass is 16.7. The van der Waals surface area contributed by atoms with Gasteiger partial charge in [-0.25, -0.2) is 0 Å². The molecule has 38 heavy (non-hydrogen) atoms. The molecule has 0 bridgehead atoms. The van der Waals surface area contributed by atoms with Crippen molar-refractivity contribution in [3.05, 3.63) is 23.3 Å². The minimum absolute atomic E-state index is 0.00284. The second kappa shape index (κ2) is 7.83. The van der Waals surface area contributed by atoms with Crippen molar-refractivity contribution in [1.82, 2.24) is 0 Å². The maximum Gasteiger partial charge on any atom is 0.314 e. The van der Waals surface area contributed by atoms with Crippen molar-refractivity contribution >= 4 is 17.7 Å². The lowest BCUT2D eigenvalue weighted by Crippen LogP contribution is -2.64. The molecule has 2 N–H and O–H groups in total. The van der Waals surface area contributed by atoms with Crippen molar-refractivity contribution < 1.29 is 29.3 Å². The van der Waals surface area contributed by atoms with Crippen molar-refractivity contribution in [1.29, 1.82) is 0 Å². The largest absolute Gasteiger partial charge is 0.481 e. The Kier molecular flexibility index (Phi) is 5.69. The van der Waals surface area contributed by atoms with Gasteiger partial charge in [0.1, 0.15) is 5.78 Å². The molecule has 3 saturated carbocycles. The van der Waals surface area contributed by atoms with Crippen molar-refractivity contribution in [2.75, 3.05) is 0 Å². The average molecular weight is 527 g/mol. The minimum Gasteiger partial charge on any atom is -0.481 e. The molecule has 7 atom stereocenters. The molecule has 0 spiro atoms. The van der Waals surface area contributed by atoms with Gasteiger partial charge in [0.25, 0.3) is 0 Å². The Hall–Kier alpha value is -1.95. The van der Waals surface area contributed by atoms with Crippen LogP contribution >= 0.6 is 0 Å². The standard InChI is InChI=1S/C32H46O6/c1-19(33)38-32(37)18-31(25(35)36)16-15-29(7)20(21(31)17-26(32,2)3)9-10-23-28(6)13-12-24(34)27(4,5)22(28)11-14-30(23,29)8/h9-10,22-23,37H,11-18H2,1-8H3,(H,35,36). The summed E-state index contributed by atoms with van der Waals surface area (Å²) in [5.74, 6) is -2.41. The van der Waals surface area contributed by atoms with Crippen LogP contribution in [0.1, 0.15) is 107 Å². The number of fused-ring (bicyclic) bond motifs is 6. The van der Waals surface area contributed by atoms with Crippen LogP contribution in [0.3, 0.4) is 0 Å². The van der Waals surface area contributed by atoms with Crippen LogP contribution in [0, 0.1) is 44.3 Å². The highest BCUT2D eigenvalue weighted by Gasteiger charge is 2.69. The van der Waals surface area contributed by atoms with E-state index in [1.807, 2.05) is 13.8 Å². The summed E-state index contributed by atoms with van der Waals surface area (Å²) in [6, 6.07) is 0. The summed E-state index contributed by atoms with van der Waals surface area (Å²) >= 11 is 0. The average Bonchev–Trinajstić information content (AvgIpc) is 2.77. The molecule has 0 aromatic heterocycles. The van der Waals surface area contributed by atoms with Gasteiger partial charge in [0.05, 0.1) is 5.41 Å². The fourth-order valence-corrected chi connectivity index (χ4v) is 10.2. The molecule has 5 rings (SSSR count). The molecule has 5 aliphatic rings. The number of carboxylic acids is 1. The van der Waals surface area contributed by atoms with E-state index in [-0.39, 0.29) is 28.1 Å². The first-order valence-electron chi connectivity index (χ1n) is 14.4. The number of carbonyl (C=O) groups is 3. The van der Waals surface area contributed by atoms with E-state index >= 15 is 0 Å². The number of hydrogen-bond donors (Lipinski definition) is 2. The van der Waals surface area contributed by atoms with Gasteiger partial charge < -0.3 is 14.9 Å². The van der Waals surface area contributed by atoms with E-state index < -0.39 is 28.6 Å². The summed E-state index contributed by atoms with van der Waals surface area (Å²) in [5, 5.41) is 22.2. The fraction of sp³-hybridized carbons (Fsp3) is 0.781. The van der Waals surface area contributed by atoms with E-state index in [9.17, 15) is 24.6 Å². The van der Waals surface area contributed by atoms with Gasteiger partial charge in [-0.2, -0.15) is 0 Å². The lowest BCUT2D eigenvalue weighted by Gasteiger charge is -2.68. The lowest BCUT2D eigenvalue weighted by atomic mass is 9.35. The summed E-state index contributed by atoms with van der Waals surface area (Å²) in [7, 11) is 0. The van der Waals surface area contributed by atoms with E-state index in [0.29, 0.717) is 43.3 Å². The Bertz CT molecular complexity index is 1180. The smallest absolute Gasteiger partial charge is 0.314 e. The van der Waals surface area contributed by atoms with Gasteiger partial charge in [0, 0.05) is 30.6 Å². The first kappa shape index (κ1) is 27.6. The van der Waals surface area contributed by atoms with Crippen LogP contribution in [0.25, 0.3) is 0 Å². The third-order valence-corrected chi connectivity index (χ3v) is 12.8. The normalized spacial score (nSPS) is 46.8. The predicted octanol–water partition coefficient (Wildman–Crippen LogP) is 6.22. The third kappa shape index (κ3) is 3.19. The lowest BCUT2D eigenvalue weighted by molar-refractivity contribution is -0.277. The number of allylic oxidation sites excluding steroid dienone is 3. The van der Waals surface area contributed by atoms with Crippen LogP contribution in [-0.2, 0) is 19.1 Å². The van der Waals surface area contributed by atoms with Crippen LogP contribution in [-0.4, -0.2) is 33.7 Å². The van der Waals surface area contributed by atoms with Crippen molar-refractivity contribution in [3.8, 4) is 0 Å². The zero-order valence-electron chi connectivity index (χ0n) is 24.5. The highest BCUT2D eigenvalue weighted by molar-refractivity contribution is 5.85. The molecule has 210 valence electrons. The first-order chi connectivity index (χ1) is 17.3. The molecule has 6 nitrogen and oxygen atoms in total. The zero-order valence-corrected chi connectivity index (χ0v) is 24.5. The summed E-state index contributed by atoms with van der Waals surface area (Å²) in [5.41, 5.74) is -0.759. The number of aliphatic carboxylic acids is 1. The number of carboxylic acid groups (broad SMARTS) is 1. The van der Waals surface area contributed by atoms with Gasteiger partial charge in [-0.05, 0) is 77.8 Å². The first-order valence-corrected chi connectivity index (χ1v) is 14.4. The van der Waals surface area contributed by atoms with Crippen molar-refractivity contribution in [2.45, 2.75) is 113 Å². The van der Waals surface area contributed by atoms with Gasteiger partial charge in [0.2, 0.25) is 5.79 Å². The van der Waals surface area contributed by atoms with Crippen LogP contribution in [0.5, 0.6) is 0 Å². The number of rotatable bonds is 2. The maximum atomic E-state index is 13.0. The molecule has 0 radical (unpaired) electrons. The Morgan fingerprint density at radius 3 is 2.26 bits per heavy atom. The van der Waals surface area contributed by atoms with Crippen molar-refractivity contribution in [3.63, 3.8) is 0 Å². The zero-order chi connectivity index (χ0) is 28.3. The summed E-state index contributed by atoms with van der Waals surface area (Å²) in [4.78, 5) is 37.9. The quantitative estimate of drug-likeness (QED) is 0.327. The summed E-state index contributed by atoms with van der Waals surface area (Å²) < 4.78 is 5.47. The van der Waals surface area contributed by atoms with E-state index in [4.69, 9.17) is 4.74 Å². The Balaban J connectivity index is 1.68. The molecule has 0 aliphatic heterocycles. The monoisotopic (exact) mass is 526 g/mol. The van der Waals surface area contributed by atoms with Crippen LogP contribution < -0.4 is 0 Å². The van der Waals surface area contributed by atoms with Crippen LogP contribution in [0.15, 0.2) is 23.3 Å². The van der Waals surface area contributed by atoms with Crippen LogP contribution in [0.4, 0.5) is 0 Å². The fourth-order valence-electron chi connectivity index (χ4n) is 10.2. The third-order valence-electron chi connectivity index (χ3n) is 12.8. The van der Waals surface area contributed by atoms with Gasteiger partial charge in [-0.3, -0.25) is 14.4 Å².